The predicted octanol–water partition coefficient (Wildman–Crippen LogP) is 8.24. The van der Waals surface area contributed by atoms with Gasteiger partial charge in [0.05, 0.1) is 0 Å². The third kappa shape index (κ3) is 3.43. The van der Waals surface area contributed by atoms with Crippen LogP contribution in [0, 0.1) is 5.82 Å². The predicted molar refractivity (Wildman–Crippen MR) is 115 cm³/mol. The maximum absolute atomic E-state index is 14.7. The van der Waals surface area contributed by atoms with Gasteiger partial charge in [-0.05, 0) is 44.8 Å². The number of hydrogen-bond donors (Lipinski definition) is 0. The van der Waals surface area contributed by atoms with Crippen molar-refractivity contribution in [2.24, 2.45) is 0 Å². The highest BCUT2D eigenvalue weighted by Gasteiger charge is 2.19. The Labute approximate surface area is 171 Å². The summed E-state index contributed by atoms with van der Waals surface area (Å²) in [4.78, 5) is 0. The van der Waals surface area contributed by atoms with E-state index in [4.69, 9.17) is 11.6 Å². The van der Waals surface area contributed by atoms with Crippen LogP contribution in [0.2, 0.25) is 5.02 Å². The Morgan fingerprint density at radius 3 is 1.89 bits per heavy atom. The van der Waals surface area contributed by atoms with Crippen LogP contribution >= 0.6 is 27.5 Å². The molecule has 27 heavy (non-hydrogen) atoms. The highest BCUT2D eigenvalue weighted by molar-refractivity contribution is 9.10. The molecule has 0 bridgehead atoms. The molecule has 0 radical (unpaired) electrons. The van der Waals surface area contributed by atoms with Gasteiger partial charge in [-0.15, -0.1) is 0 Å². The maximum atomic E-state index is 14.7. The molecule has 0 amide bonds. The average molecular weight is 438 g/mol. The molecule has 0 N–H and O–H groups in total. The van der Waals surface area contributed by atoms with Gasteiger partial charge < -0.3 is 0 Å². The van der Waals surface area contributed by atoms with E-state index in [0.29, 0.717) is 10.6 Å². The summed E-state index contributed by atoms with van der Waals surface area (Å²) in [5, 5.41) is 0.658. The Hall–Kier alpha value is -2.42. The van der Waals surface area contributed by atoms with Gasteiger partial charge in [0.1, 0.15) is 5.82 Å². The van der Waals surface area contributed by atoms with Crippen molar-refractivity contribution >= 4 is 27.5 Å². The SMILES string of the molecule is Fc1ccccc1-c1c(-c2ccccc2)ccc(-c2ccccc2Cl)c1Br. The first-order valence-corrected chi connectivity index (χ1v) is 9.71. The van der Waals surface area contributed by atoms with Gasteiger partial charge in [0.15, 0.2) is 0 Å². The zero-order valence-electron chi connectivity index (χ0n) is 14.3. The summed E-state index contributed by atoms with van der Waals surface area (Å²) >= 11 is 10.2. The Morgan fingerprint density at radius 1 is 0.593 bits per heavy atom. The molecule has 4 aromatic rings. The van der Waals surface area contributed by atoms with E-state index in [1.807, 2.05) is 72.8 Å². The number of hydrogen-bond acceptors (Lipinski definition) is 0. The van der Waals surface area contributed by atoms with E-state index in [1.165, 1.54) is 6.07 Å². The molecule has 0 saturated heterocycles. The van der Waals surface area contributed by atoms with Crippen molar-refractivity contribution in [3.8, 4) is 33.4 Å². The Morgan fingerprint density at radius 2 is 1.19 bits per heavy atom. The summed E-state index contributed by atoms with van der Waals surface area (Å²) in [5.74, 6) is -0.258. The molecule has 0 saturated carbocycles. The molecule has 0 heterocycles. The molecule has 4 aromatic carbocycles. The van der Waals surface area contributed by atoms with Gasteiger partial charge in [0.25, 0.3) is 0 Å². The molecule has 4 rings (SSSR count). The molecule has 0 fully saturated rings. The second-order valence-electron chi connectivity index (χ2n) is 6.18. The lowest BCUT2D eigenvalue weighted by Gasteiger charge is -2.17. The van der Waals surface area contributed by atoms with Crippen LogP contribution in [-0.2, 0) is 0 Å². The molecule has 132 valence electrons. The van der Waals surface area contributed by atoms with Gasteiger partial charge in [-0.25, -0.2) is 4.39 Å². The van der Waals surface area contributed by atoms with Gasteiger partial charge in [0, 0.05) is 26.2 Å². The van der Waals surface area contributed by atoms with Crippen LogP contribution < -0.4 is 0 Å². The second-order valence-corrected chi connectivity index (χ2v) is 7.38. The average Bonchev–Trinajstić information content (AvgIpc) is 2.70. The lowest BCUT2D eigenvalue weighted by Crippen LogP contribution is -1.93. The van der Waals surface area contributed by atoms with Crippen molar-refractivity contribution in [3.05, 3.63) is 106 Å². The van der Waals surface area contributed by atoms with E-state index < -0.39 is 0 Å². The van der Waals surface area contributed by atoms with Crippen LogP contribution in [0.25, 0.3) is 33.4 Å². The normalized spacial score (nSPS) is 10.8. The number of benzene rings is 4. The summed E-state index contributed by atoms with van der Waals surface area (Å²) in [6.45, 7) is 0. The first-order valence-electron chi connectivity index (χ1n) is 8.54. The molecule has 0 spiro atoms. The van der Waals surface area contributed by atoms with Gasteiger partial charge in [-0.1, -0.05) is 90.5 Å². The van der Waals surface area contributed by atoms with Gasteiger partial charge >= 0.3 is 0 Å². The van der Waals surface area contributed by atoms with Crippen molar-refractivity contribution in [2.45, 2.75) is 0 Å². The first kappa shape index (κ1) is 18.0. The van der Waals surface area contributed by atoms with Crippen molar-refractivity contribution in [3.63, 3.8) is 0 Å². The topological polar surface area (TPSA) is 0 Å². The minimum Gasteiger partial charge on any atom is -0.206 e. The van der Waals surface area contributed by atoms with Crippen molar-refractivity contribution in [1.82, 2.24) is 0 Å². The monoisotopic (exact) mass is 436 g/mol. The molecular formula is C24H15BrClF. The van der Waals surface area contributed by atoms with E-state index in [0.717, 1.165) is 32.3 Å². The van der Waals surface area contributed by atoms with E-state index in [-0.39, 0.29) is 5.82 Å². The molecule has 0 aliphatic rings. The highest BCUT2D eigenvalue weighted by atomic mass is 79.9. The van der Waals surface area contributed by atoms with Gasteiger partial charge in [-0.3, -0.25) is 0 Å². The standard InChI is InChI=1S/C24H15BrClF/c25-24-19(18-10-4-6-12-21(18)26)15-14-17(16-8-2-1-3-9-16)23(24)20-11-5-7-13-22(20)27/h1-15H. The van der Waals surface area contributed by atoms with E-state index >= 15 is 0 Å². The summed E-state index contributed by atoms with van der Waals surface area (Å²) in [6.07, 6.45) is 0. The van der Waals surface area contributed by atoms with Crippen molar-refractivity contribution in [1.29, 1.82) is 0 Å². The highest BCUT2D eigenvalue weighted by Crippen LogP contribution is 2.45. The zero-order valence-corrected chi connectivity index (χ0v) is 16.6. The van der Waals surface area contributed by atoms with Gasteiger partial charge in [-0.2, -0.15) is 0 Å². The molecule has 0 unspecified atom stereocenters. The van der Waals surface area contributed by atoms with E-state index in [1.54, 1.807) is 12.1 Å². The fourth-order valence-electron chi connectivity index (χ4n) is 3.25. The zero-order chi connectivity index (χ0) is 18.8. The fraction of sp³-hybridized carbons (Fsp3) is 0. The second kappa shape index (κ2) is 7.67. The van der Waals surface area contributed by atoms with E-state index in [2.05, 4.69) is 15.9 Å². The molecule has 3 heteroatoms. The molecular weight excluding hydrogens is 423 g/mol. The number of rotatable bonds is 3. The van der Waals surface area contributed by atoms with Crippen LogP contribution in [-0.4, -0.2) is 0 Å². The minimum absolute atomic E-state index is 0.258. The van der Waals surface area contributed by atoms with Crippen LogP contribution in [0.4, 0.5) is 4.39 Å². The van der Waals surface area contributed by atoms with Crippen molar-refractivity contribution in [2.75, 3.05) is 0 Å². The van der Waals surface area contributed by atoms with Gasteiger partial charge in [0.2, 0.25) is 0 Å². The lowest BCUT2D eigenvalue weighted by molar-refractivity contribution is 0.631. The number of halogens is 3. The lowest BCUT2D eigenvalue weighted by atomic mass is 9.91. The van der Waals surface area contributed by atoms with Crippen LogP contribution in [0.3, 0.4) is 0 Å². The molecule has 0 aliphatic carbocycles. The molecule has 0 atom stereocenters. The Balaban J connectivity index is 2.05. The summed E-state index contributed by atoms with van der Waals surface area (Å²) < 4.78 is 15.5. The third-order valence-electron chi connectivity index (χ3n) is 4.53. The van der Waals surface area contributed by atoms with E-state index in [9.17, 15) is 4.39 Å². The molecule has 0 nitrogen and oxygen atoms in total. The Bertz CT molecular complexity index is 1110. The molecule has 0 aliphatic heterocycles. The van der Waals surface area contributed by atoms with Crippen molar-refractivity contribution < 1.29 is 4.39 Å². The summed E-state index contributed by atoms with van der Waals surface area (Å²) in [7, 11) is 0. The summed E-state index contributed by atoms with van der Waals surface area (Å²) in [5.41, 5.74) is 5.20. The first-order chi connectivity index (χ1) is 13.2. The smallest absolute Gasteiger partial charge is 0.131 e. The van der Waals surface area contributed by atoms with Crippen LogP contribution in [0.1, 0.15) is 0 Å². The maximum Gasteiger partial charge on any atom is 0.131 e. The third-order valence-corrected chi connectivity index (χ3v) is 5.69. The minimum atomic E-state index is -0.258. The largest absolute Gasteiger partial charge is 0.206 e. The quantitative estimate of drug-likeness (QED) is 0.303. The molecule has 0 aromatic heterocycles. The fourth-order valence-corrected chi connectivity index (χ4v) is 4.26. The summed E-state index contributed by atoms with van der Waals surface area (Å²) in [6, 6.07) is 28.6. The Kier molecular flexibility index (Phi) is 5.11. The van der Waals surface area contributed by atoms with Crippen LogP contribution in [0.15, 0.2) is 95.5 Å². The van der Waals surface area contributed by atoms with Crippen LogP contribution in [0.5, 0.6) is 0 Å².